The minimum atomic E-state index is 0.0648. The Morgan fingerprint density at radius 2 is 1.74 bits per heavy atom. The maximum absolute atomic E-state index is 6.03. The normalized spacial score (nSPS) is 12.4. The molecule has 0 saturated heterocycles. The van der Waals surface area contributed by atoms with Crippen LogP contribution in [-0.2, 0) is 6.42 Å². The summed E-state index contributed by atoms with van der Waals surface area (Å²) in [6, 6.07) is 16.0. The molecule has 1 atom stereocenters. The van der Waals surface area contributed by atoms with Gasteiger partial charge in [0.15, 0.2) is 0 Å². The molecule has 0 radical (unpaired) electrons. The molecule has 0 aliphatic carbocycles. The average Bonchev–Trinajstić information content (AvgIpc) is 2.44. The predicted octanol–water partition coefficient (Wildman–Crippen LogP) is 4.13. The summed E-state index contributed by atoms with van der Waals surface area (Å²) < 4.78 is 0. The van der Waals surface area contributed by atoms with Crippen molar-refractivity contribution in [3.05, 3.63) is 69.7 Å². The topological polar surface area (TPSA) is 38.0 Å². The molecule has 1 unspecified atom stereocenters. The minimum absolute atomic E-state index is 0.0648. The van der Waals surface area contributed by atoms with E-state index in [-0.39, 0.29) is 6.04 Å². The molecule has 3 N–H and O–H groups in total. The highest BCUT2D eigenvalue weighted by atomic mass is 35.5. The van der Waals surface area contributed by atoms with Crippen molar-refractivity contribution < 1.29 is 0 Å². The maximum atomic E-state index is 6.03. The van der Waals surface area contributed by atoms with Crippen molar-refractivity contribution >= 4 is 23.2 Å². The third-order valence-electron chi connectivity index (χ3n) is 3.11. The molecule has 0 saturated carbocycles. The van der Waals surface area contributed by atoms with Crippen LogP contribution in [0.1, 0.15) is 23.6 Å². The average molecular weight is 295 g/mol. The lowest BCUT2D eigenvalue weighted by Gasteiger charge is -2.17. The van der Waals surface area contributed by atoms with Gasteiger partial charge in [0.2, 0.25) is 0 Å². The number of aryl methyl sites for hydroxylation is 1. The smallest absolute Gasteiger partial charge is 0.0595 e. The summed E-state index contributed by atoms with van der Waals surface area (Å²) in [6.45, 7) is 0. The van der Waals surface area contributed by atoms with E-state index in [1.54, 1.807) is 6.07 Å². The zero-order valence-electron chi connectivity index (χ0n) is 10.4. The quantitative estimate of drug-likeness (QED) is 0.643. The summed E-state index contributed by atoms with van der Waals surface area (Å²) in [6.07, 6.45) is 1.86. The van der Waals surface area contributed by atoms with Crippen LogP contribution in [0.5, 0.6) is 0 Å². The van der Waals surface area contributed by atoms with E-state index in [1.807, 2.05) is 30.3 Å². The van der Waals surface area contributed by atoms with Gasteiger partial charge in [-0.1, -0.05) is 59.6 Å². The first-order chi connectivity index (χ1) is 9.20. The Bertz CT molecular complexity index is 529. The van der Waals surface area contributed by atoms with Gasteiger partial charge in [0.05, 0.1) is 10.0 Å². The number of halogens is 2. The fourth-order valence-electron chi connectivity index (χ4n) is 2.03. The van der Waals surface area contributed by atoms with Crippen LogP contribution in [0.15, 0.2) is 48.5 Å². The van der Waals surface area contributed by atoms with Gasteiger partial charge in [0.1, 0.15) is 0 Å². The summed E-state index contributed by atoms with van der Waals surface area (Å²) >= 11 is 11.9. The van der Waals surface area contributed by atoms with Crippen LogP contribution in [0.4, 0.5) is 0 Å². The van der Waals surface area contributed by atoms with Gasteiger partial charge in [-0.2, -0.15) is 0 Å². The second kappa shape index (κ2) is 6.92. The van der Waals surface area contributed by atoms with Crippen LogP contribution in [0.3, 0.4) is 0 Å². The van der Waals surface area contributed by atoms with E-state index >= 15 is 0 Å². The first kappa shape index (κ1) is 14.4. The molecule has 0 fully saturated rings. The number of hydrazine groups is 1. The Balaban J connectivity index is 2.05. The van der Waals surface area contributed by atoms with E-state index in [9.17, 15) is 0 Å². The number of benzene rings is 2. The van der Waals surface area contributed by atoms with Crippen molar-refractivity contribution in [1.82, 2.24) is 5.43 Å². The highest BCUT2D eigenvalue weighted by Crippen LogP contribution is 2.27. The van der Waals surface area contributed by atoms with Crippen molar-refractivity contribution in [1.29, 1.82) is 0 Å². The number of hydrogen-bond acceptors (Lipinski definition) is 2. The Labute approximate surface area is 123 Å². The molecule has 4 heteroatoms. The molecular weight excluding hydrogens is 279 g/mol. The van der Waals surface area contributed by atoms with Gasteiger partial charge in [0.25, 0.3) is 0 Å². The molecule has 100 valence electrons. The van der Waals surface area contributed by atoms with E-state index in [0.29, 0.717) is 10.0 Å². The molecule has 2 nitrogen and oxygen atoms in total. The third kappa shape index (κ3) is 3.95. The molecule has 0 heterocycles. The number of rotatable bonds is 5. The first-order valence-corrected chi connectivity index (χ1v) is 6.91. The van der Waals surface area contributed by atoms with Crippen molar-refractivity contribution in [2.45, 2.75) is 18.9 Å². The molecule has 19 heavy (non-hydrogen) atoms. The Morgan fingerprint density at radius 3 is 2.37 bits per heavy atom. The van der Waals surface area contributed by atoms with E-state index in [4.69, 9.17) is 29.0 Å². The van der Waals surface area contributed by atoms with Crippen molar-refractivity contribution in [3.63, 3.8) is 0 Å². The molecular formula is C15H16Cl2N2. The fourth-order valence-corrected chi connectivity index (χ4v) is 2.34. The van der Waals surface area contributed by atoms with E-state index in [1.165, 1.54) is 5.56 Å². The first-order valence-electron chi connectivity index (χ1n) is 6.15. The summed E-state index contributed by atoms with van der Waals surface area (Å²) in [7, 11) is 0. The van der Waals surface area contributed by atoms with Crippen LogP contribution >= 0.6 is 23.2 Å². The van der Waals surface area contributed by atoms with Gasteiger partial charge >= 0.3 is 0 Å². The highest BCUT2D eigenvalue weighted by Gasteiger charge is 2.11. The largest absolute Gasteiger partial charge is 0.271 e. The van der Waals surface area contributed by atoms with Gasteiger partial charge in [-0.05, 0) is 36.1 Å². The van der Waals surface area contributed by atoms with Gasteiger partial charge in [-0.25, -0.2) is 0 Å². The second-order valence-corrected chi connectivity index (χ2v) is 5.23. The Hall–Kier alpha value is -1.06. The fraction of sp³-hybridized carbons (Fsp3) is 0.200. The summed E-state index contributed by atoms with van der Waals surface area (Å²) in [5.41, 5.74) is 5.18. The van der Waals surface area contributed by atoms with Crippen molar-refractivity contribution in [2.75, 3.05) is 0 Å². The van der Waals surface area contributed by atoms with Crippen LogP contribution in [-0.4, -0.2) is 0 Å². The molecule has 2 aromatic carbocycles. The lowest BCUT2D eigenvalue weighted by Crippen LogP contribution is -2.28. The minimum Gasteiger partial charge on any atom is -0.271 e. The van der Waals surface area contributed by atoms with Crippen LogP contribution in [0.25, 0.3) is 0 Å². The third-order valence-corrected chi connectivity index (χ3v) is 3.85. The number of hydrogen-bond donors (Lipinski definition) is 2. The highest BCUT2D eigenvalue weighted by molar-refractivity contribution is 6.42. The van der Waals surface area contributed by atoms with Crippen LogP contribution < -0.4 is 11.3 Å². The number of nitrogens with two attached hydrogens (primary N) is 1. The molecule has 0 bridgehead atoms. The molecule has 0 spiro atoms. The molecule has 2 rings (SSSR count). The molecule has 0 aliphatic heterocycles. The zero-order chi connectivity index (χ0) is 13.7. The Morgan fingerprint density at radius 1 is 1.00 bits per heavy atom. The monoisotopic (exact) mass is 294 g/mol. The van der Waals surface area contributed by atoms with E-state index in [0.717, 1.165) is 18.4 Å². The van der Waals surface area contributed by atoms with Crippen molar-refractivity contribution in [2.24, 2.45) is 5.84 Å². The lowest BCUT2D eigenvalue weighted by atomic mass is 9.99. The summed E-state index contributed by atoms with van der Waals surface area (Å²) in [5, 5.41) is 1.11. The molecule has 0 amide bonds. The molecule has 2 aromatic rings. The molecule has 0 aromatic heterocycles. The van der Waals surface area contributed by atoms with Gasteiger partial charge < -0.3 is 0 Å². The van der Waals surface area contributed by atoms with Crippen molar-refractivity contribution in [3.8, 4) is 0 Å². The van der Waals surface area contributed by atoms with Gasteiger partial charge in [0, 0.05) is 6.04 Å². The van der Waals surface area contributed by atoms with Gasteiger partial charge in [-0.3, -0.25) is 11.3 Å². The van der Waals surface area contributed by atoms with Crippen LogP contribution in [0.2, 0.25) is 10.0 Å². The standard InChI is InChI=1S/C15H16Cl2N2/c16-13-8-7-12(10-14(13)17)15(19-18)9-6-11-4-2-1-3-5-11/h1-5,7-8,10,15,19H,6,9,18H2. The van der Waals surface area contributed by atoms with Crippen LogP contribution in [0, 0.1) is 0 Å². The maximum Gasteiger partial charge on any atom is 0.0595 e. The lowest BCUT2D eigenvalue weighted by molar-refractivity contribution is 0.516. The molecule has 0 aliphatic rings. The number of nitrogens with one attached hydrogen (secondary N) is 1. The zero-order valence-corrected chi connectivity index (χ0v) is 12.0. The van der Waals surface area contributed by atoms with Gasteiger partial charge in [-0.15, -0.1) is 0 Å². The second-order valence-electron chi connectivity index (χ2n) is 4.42. The Kier molecular flexibility index (Phi) is 5.23. The predicted molar refractivity (Wildman–Crippen MR) is 81.3 cm³/mol. The summed E-state index contributed by atoms with van der Waals surface area (Å²) in [4.78, 5) is 0. The SMILES string of the molecule is NNC(CCc1ccccc1)c1ccc(Cl)c(Cl)c1. The van der Waals surface area contributed by atoms with E-state index in [2.05, 4.69) is 17.6 Å². The van der Waals surface area contributed by atoms with E-state index < -0.39 is 0 Å². The summed E-state index contributed by atoms with van der Waals surface area (Å²) in [5.74, 6) is 5.63.